The van der Waals surface area contributed by atoms with E-state index < -0.39 is 0 Å². The third-order valence-electron chi connectivity index (χ3n) is 2.87. The summed E-state index contributed by atoms with van der Waals surface area (Å²) in [5.74, 6) is 0.722. The quantitative estimate of drug-likeness (QED) is 0.823. The monoisotopic (exact) mass is 211 g/mol. The Labute approximate surface area is 89.2 Å². The second-order valence-electron chi connectivity index (χ2n) is 3.98. The Morgan fingerprint density at radius 2 is 2.50 bits per heavy atom. The van der Waals surface area contributed by atoms with E-state index in [9.17, 15) is 0 Å². The van der Waals surface area contributed by atoms with Crippen molar-refractivity contribution < 1.29 is 5.11 Å². The van der Waals surface area contributed by atoms with E-state index in [-0.39, 0.29) is 0 Å². The molecule has 0 amide bonds. The molecule has 2 heterocycles. The van der Waals surface area contributed by atoms with Gasteiger partial charge >= 0.3 is 0 Å². The molecule has 0 radical (unpaired) electrons. The largest absolute Gasteiger partial charge is 0.396 e. The van der Waals surface area contributed by atoms with Crippen molar-refractivity contribution >= 4 is 11.3 Å². The van der Waals surface area contributed by atoms with Crippen LogP contribution >= 0.6 is 11.3 Å². The summed E-state index contributed by atoms with van der Waals surface area (Å²) in [7, 11) is 0. The van der Waals surface area contributed by atoms with Crippen LogP contribution in [0.15, 0.2) is 17.5 Å². The molecule has 2 rings (SSSR count). The maximum absolute atomic E-state index is 8.85. The first-order valence-electron chi connectivity index (χ1n) is 5.24. The molecule has 1 fully saturated rings. The molecule has 0 bridgehead atoms. The molecule has 2 nitrogen and oxygen atoms in total. The molecule has 1 atom stereocenters. The molecule has 0 saturated carbocycles. The lowest BCUT2D eigenvalue weighted by molar-refractivity contribution is 0.250. The van der Waals surface area contributed by atoms with Crippen LogP contribution in [0.4, 0.5) is 0 Å². The molecule has 0 aromatic carbocycles. The van der Waals surface area contributed by atoms with E-state index >= 15 is 0 Å². The van der Waals surface area contributed by atoms with Gasteiger partial charge in [0.2, 0.25) is 0 Å². The summed E-state index contributed by atoms with van der Waals surface area (Å²) in [6.07, 6.45) is 2.23. The van der Waals surface area contributed by atoms with Gasteiger partial charge in [0.25, 0.3) is 0 Å². The smallest absolute Gasteiger partial charge is 0.0434 e. The van der Waals surface area contributed by atoms with Crippen LogP contribution in [0.1, 0.15) is 17.7 Å². The predicted molar refractivity (Wildman–Crippen MR) is 59.4 cm³/mol. The van der Waals surface area contributed by atoms with Gasteiger partial charge in [0.1, 0.15) is 0 Å². The van der Waals surface area contributed by atoms with Crippen LogP contribution in [-0.2, 0) is 6.54 Å². The molecule has 1 N–H and O–H groups in total. The lowest BCUT2D eigenvalue weighted by Gasteiger charge is -2.14. The van der Waals surface area contributed by atoms with Crippen molar-refractivity contribution in [1.82, 2.24) is 4.90 Å². The second kappa shape index (κ2) is 4.91. The Morgan fingerprint density at radius 3 is 3.21 bits per heavy atom. The Kier molecular flexibility index (Phi) is 3.56. The first-order chi connectivity index (χ1) is 6.88. The number of aliphatic hydroxyl groups is 1. The van der Waals surface area contributed by atoms with Crippen LogP contribution in [0.5, 0.6) is 0 Å². The average molecular weight is 211 g/mol. The molecule has 14 heavy (non-hydrogen) atoms. The number of thiophene rings is 1. The zero-order valence-corrected chi connectivity index (χ0v) is 9.17. The highest BCUT2D eigenvalue weighted by molar-refractivity contribution is 7.09. The number of hydrogen-bond donors (Lipinski definition) is 1. The zero-order chi connectivity index (χ0) is 9.80. The van der Waals surface area contributed by atoms with Crippen molar-refractivity contribution in [2.24, 2.45) is 5.92 Å². The van der Waals surface area contributed by atoms with Crippen LogP contribution in [0, 0.1) is 5.92 Å². The Morgan fingerprint density at radius 1 is 1.57 bits per heavy atom. The molecule has 1 unspecified atom stereocenters. The molecule has 1 aliphatic heterocycles. The van der Waals surface area contributed by atoms with Crippen LogP contribution in [-0.4, -0.2) is 29.7 Å². The number of rotatable bonds is 4. The fourth-order valence-electron chi connectivity index (χ4n) is 2.10. The minimum Gasteiger partial charge on any atom is -0.396 e. The van der Waals surface area contributed by atoms with Gasteiger partial charge in [-0.15, -0.1) is 11.3 Å². The fourth-order valence-corrected chi connectivity index (χ4v) is 2.84. The highest BCUT2D eigenvalue weighted by Gasteiger charge is 2.21. The number of nitrogens with zero attached hydrogens (tertiary/aromatic N) is 1. The van der Waals surface area contributed by atoms with Crippen LogP contribution in [0.25, 0.3) is 0 Å². The van der Waals surface area contributed by atoms with Gasteiger partial charge in [-0.05, 0) is 36.8 Å². The predicted octanol–water partition coefficient (Wildman–Crippen LogP) is 1.95. The standard InChI is InChI=1S/C11H17NOS/c13-6-4-10-3-5-12(8-10)9-11-2-1-7-14-11/h1-2,7,10,13H,3-6,8-9H2. The minimum absolute atomic E-state index is 0.345. The van der Waals surface area contributed by atoms with Crippen LogP contribution in [0.2, 0.25) is 0 Å². The van der Waals surface area contributed by atoms with Crippen molar-refractivity contribution in [2.75, 3.05) is 19.7 Å². The number of likely N-dealkylation sites (tertiary alicyclic amines) is 1. The van der Waals surface area contributed by atoms with E-state index in [1.165, 1.54) is 24.4 Å². The van der Waals surface area contributed by atoms with Crippen LogP contribution in [0.3, 0.4) is 0 Å². The summed E-state index contributed by atoms with van der Waals surface area (Å²) in [4.78, 5) is 3.95. The Hall–Kier alpha value is -0.380. The van der Waals surface area contributed by atoms with Crippen molar-refractivity contribution in [3.63, 3.8) is 0 Å². The van der Waals surface area contributed by atoms with Gasteiger partial charge in [-0.3, -0.25) is 4.90 Å². The second-order valence-corrected chi connectivity index (χ2v) is 5.01. The third-order valence-corrected chi connectivity index (χ3v) is 3.73. The molecule has 1 aliphatic rings. The highest BCUT2D eigenvalue weighted by Crippen LogP contribution is 2.22. The lowest BCUT2D eigenvalue weighted by Crippen LogP contribution is -2.19. The van der Waals surface area contributed by atoms with Crippen LogP contribution < -0.4 is 0 Å². The van der Waals surface area contributed by atoms with Gasteiger partial charge in [0, 0.05) is 24.6 Å². The summed E-state index contributed by atoms with van der Waals surface area (Å²) in [5.41, 5.74) is 0. The van der Waals surface area contributed by atoms with Crippen molar-refractivity contribution in [3.8, 4) is 0 Å². The Balaban J connectivity index is 1.79. The Bertz CT molecular complexity index is 260. The van der Waals surface area contributed by atoms with Crippen molar-refractivity contribution in [2.45, 2.75) is 19.4 Å². The summed E-state index contributed by atoms with van der Waals surface area (Å²) < 4.78 is 0. The molecule has 0 aliphatic carbocycles. The molecule has 78 valence electrons. The highest BCUT2D eigenvalue weighted by atomic mass is 32.1. The minimum atomic E-state index is 0.345. The number of hydrogen-bond acceptors (Lipinski definition) is 3. The van der Waals surface area contributed by atoms with Crippen molar-refractivity contribution in [3.05, 3.63) is 22.4 Å². The van der Waals surface area contributed by atoms with Gasteiger partial charge in [-0.25, -0.2) is 0 Å². The lowest BCUT2D eigenvalue weighted by atomic mass is 10.1. The van der Waals surface area contributed by atoms with Crippen molar-refractivity contribution in [1.29, 1.82) is 0 Å². The van der Waals surface area contributed by atoms with Gasteiger partial charge in [-0.2, -0.15) is 0 Å². The van der Waals surface area contributed by atoms with Gasteiger partial charge in [0.15, 0.2) is 0 Å². The molecule has 3 heteroatoms. The van der Waals surface area contributed by atoms with E-state index in [0.29, 0.717) is 6.61 Å². The maximum Gasteiger partial charge on any atom is 0.0434 e. The first kappa shape index (κ1) is 10.1. The summed E-state index contributed by atoms with van der Waals surface area (Å²) in [6, 6.07) is 4.31. The maximum atomic E-state index is 8.85. The molecular weight excluding hydrogens is 194 g/mol. The van der Waals surface area contributed by atoms with E-state index in [2.05, 4.69) is 22.4 Å². The van der Waals surface area contributed by atoms with E-state index in [1.54, 1.807) is 0 Å². The average Bonchev–Trinajstić information content (AvgIpc) is 2.79. The molecule has 0 spiro atoms. The van der Waals surface area contributed by atoms with Gasteiger partial charge in [0.05, 0.1) is 0 Å². The van der Waals surface area contributed by atoms with E-state index in [0.717, 1.165) is 18.9 Å². The normalized spacial score (nSPS) is 23.1. The number of aliphatic hydroxyl groups excluding tert-OH is 1. The summed E-state index contributed by atoms with van der Waals surface area (Å²) >= 11 is 1.83. The third kappa shape index (κ3) is 2.56. The fraction of sp³-hybridized carbons (Fsp3) is 0.636. The molecule has 1 aromatic heterocycles. The topological polar surface area (TPSA) is 23.5 Å². The SMILES string of the molecule is OCCC1CCN(Cc2cccs2)C1. The summed E-state index contributed by atoms with van der Waals surface area (Å²) in [5, 5.41) is 11.0. The molecule has 1 aromatic rings. The van der Waals surface area contributed by atoms with E-state index in [1.807, 2.05) is 11.3 Å². The molecular formula is C11H17NOS. The first-order valence-corrected chi connectivity index (χ1v) is 6.12. The van der Waals surface area contributed by atoms with Gasteiger partial charge < -0.3 is 5.11 Å². The summed E-state index contributed by atoms with van der Waals surface area (Å²) in [6.45, 7) is 3.80. The zero-order valence-electron chi connectivity index (χ0n) is 8.35. The van der Waals surface area contributed by atoms with Gasteiger partial charge in [-0.1, -0.05) is 6.07 Å². The molecule has 1 saturated heterocycles. The van der Waals surface area contributed by atoms with E-state index in [4.69, 9.17) is 5.11 Å².